The molecule has 0 bridgehead atoms. The van der Waals surface area contributed by atoms with Crippen LogP contribution in [0.3, 0.4) is 0 Å². The monoisotopic (exact) mass is 259 g/mol. The number of hydrogen-bond acceptors (Lipinski definition) is 1. The normalized spacial score (nSPS) is 10.2. The highest BCUT2D eigenvalue weighted by Gasteiger charge is 2.02. The molecule has 1 aromatic heterocycles. The van der Waals surface area contributed by atoms with Crippen molar-refractivity contribution >= 4 is 28.2 Å². The van der Waals surface area contributed by atoms with Gasteiger partial charge < -0.3 is 15.6 Å². The fourth-order valence-electron chi connectivity index (χ4n) is 1.88. The summed E-state index contributed by atoms with van der Waals surface area (Å²) in [5.74, 6) is 0. The second-order valence-electron chi connectivity index (χ2n) is 4.03. The molecule has 1 aromatic carbocycles. The number of para-hydroxylation sites is 1. The zero-order valence-corrected chi connectivity index (χ0v) is 11.0. The van der Waals surface area contributed by atoms with Crippen molar-refractivity contribution in [3.8, 4) is 0 Å². The molecule has 0 fully saturated rings. The summed E-state index contributed by atoms with van der Waals surface area (Å²) < 4.78 is 0. The first kappa shape index (κ1) is 12.6. The van der Waals surface area contributed by atoms with E-state index in [4.69, 9.17) is 12.2 Å². The minimum Gasteiger partial charge on any atom is -0.362 e. The third-order valence-corrected chi connectivity index (χ3v) is 3.05. The molecule has 2 aromatic rings. The van der Waals surface area contributed by atoms with Gasteiger partial charge in [0.2, 0.25) is 0 Å². The van der Waals surface area contributed by atoms with Gasteiger partial charge in [0.25, 0.3) is 0 Å². The maximum Gasteiger partial charge on any atom is 0.166 e. The fraction of sp³-hybridized carbons (Fsp3) is 0.214. The van der Waals surface area contributed by atoms with E-state index in [9.17, 15) is 0 Å². The fourth-order valence-corrected chi connectivity index (χ4v) is 2.06. The molecule has 0 unspecified atom stereocenters. The Morgan fingerprint density at radius 3 is 3.00 bits per heavy atom. The van der Waals surface area contributed by atoms with Gasteiger partial charge in [0.15, 0.2) is 5.11 Å². The summed E-state index contributed by atoms with van der Waals surface area (Å²) in [5.41, 5.74) is 2.49. The van der Waals surface area contributed by atoms with Crippen LogP contribution < -0.4 is 10.6 Å². The summed E-state index contributed by atoms with van der Waals surface area (Å²) in [6.45, 7) is 5.15. The first-order valence-electron chi connectivity index (χ1n) is 5.99. The average molecular weight is 259 g/mol. The van der Waals surface area contributed by atoms with Crippen molar-refractivity contribution in [2.45, 2.75) is 6.42 Å². The Hall–Kier alpha value is -1.81. The third kappa shape index (κ3) is 3.11. The van der Waals surface area contributed by atoms with Crippen LogP contribution in [-0.2, 0) is 6.42 Å². The van der Waals surface area contributed by atoms with Gasteiger partial charge in [-0.25, -0.2) is 0 Å². The first-order chi connectivity index (χ1) is 8.81. The lowest BCUT2D eigenvalue weighted by atomic mass is 10.1. The minimum absolute atomic E-state index is 0.676. The van der Waals surface area contributed by atoms with Gasteiger partial charge in [0, 0.05) is 30.2 Å². The van der Waals surface area contributed by atoms with E-state index in [1.807, 2.05) is 6.07 Å². The quantitative estimate of drug-likeness (QED) is 0.570. The molecule has 0 amide bonds. The van der Waals surface area contributed by atoms with Crippen molar-refractivity contribution in [3.05, 3.63) is 48.7 Å². The highest BCUT2D eigenvalue weighted by molar-refractivity contribution is 7.80. The summed E-state index contributed by atoms with van der Waals surface area (Å²) in [6.07, 6.45) is 4.79. The third-order valence-electron chi connectivity index (χ3n) is 2.76. The number of H-pyrrole nitrogens is 1. The van der Waals surface area contributed by atoms with Gasteiger partial charge in [0.1, 0.15) is 0 Å². The molecule has 4 heteroatoms. The molecule has 0 aliphatic carbocycles. The van der Waals surface area contributed by atoms with Crippen molar-refractivity contribution in [2.75, 3.05) is 13.1 Å². The van der Waals surface area contributed by atoms with Crippen molar-refractivity contribution in [1.29, 1.82) is 0 Å². The topological polar surface area (TPSA) is 39.8 Å². The Labute approximate surface area is 112 Å². The number of rotatable bonds is 5. The van der Waals surface area contributed by atoms with Crippen LogP contribution in [0.15, 0.2) is 43.1 Å². The number of hydrogen-bond donors (Lipinski definition) is 3. The molecule has 1 heterocycles. The molecule has 0 atom stereocenters. The van der Waals surface area contributed by atoms with E-state index in [0.717, 1.165) is 13.0 Å². The summed E-state index contributed by atoms with van der Waals surface area (Å²) >= 11 is 5.13. The van der Waals surface area contributed by atoms with Crippen molar-refractivity contribution < 1.29 is 0 Å². The van der Waals surface area contributed by atoms with Crippen molar-refractivity contribution in [2.24, 2.45) is 0 Å². The number of thiocarbonyl (C=S) groups is 1. The average Bonchev–Trinajstić information content (AvgIpc) is 2.80. The molecule has 0 aliphatic rings. The van der Waals surface area contributed by atoms with E-state index in [1.54, 1.807) is 6.08 Å². The summed E-state index contributed by atoms with van der Waals surface area (Å²) in [4.78, 5) is 3.27. The highest BCUT2D eigenvalue weighted by Crippen LogP contribution is 2.17. The number of fused-ring (bicyclic) bond motifs is 1. The molecule has 0 aliphatic heterocycles. The molecule has 0 saturated heterocycles. The maximum atomic E-state index is 5.13. The Kier molecular flexibility index (Phi) is 4.36. The van der Waals surface area contributed by atoms with Gasteiger partial charge in [-0.2, -0.15) is 0 Å². The summed E-state index contributed by atoms with van der Waals surface area (Å²) in [5, 5.41) is 8.18. The van der Waals surface area contributed by atoms with Crippen LogP contribution in [0.1, 0.15) is 5.56 Å². The lowest BCUT2D eigenvalue weighted by Gasteiger charge is -2.08. The number of nitrogens with one attached hydrogen (secondary N) is 3. The Balaban J connectivity index is 1.87. The van der Waals surface area contributed by atoms with E-state index < -0.39 is 0 Å². The minimum atomic E-state index is 0.676. The van der Waals surface area contributed by atoms with E-state index in [2.05, 4.69) is 46.6 Å². The smallest absolute Gasteiger partial charge is 0.166 e. The number of aromatic nitrogens is 1. The molecule has 0 radical (unpaired) electrons. The molecule has 0 saturated carbocycles. The van der Waals surface area contributed by atoms with Gasteiger partial charge in [-0.05, 0) is 30.3 Å². The molecule has 2 rings (SSSR count). The number of benzene rings is 1. The van der Waals surface area contributed by atoms with Crippen LogP contribution in [-0.4, -0.2) is 23.2 Å². The second-order valence-corrected chi connectivity index (χ2v) is 4.44. The second kappa shape index (κ2) is 6.21. The van der Waals surface area contributed by atoms with E-state index >= 15 is 0 Å². The molecule has 3 nitrogen and oxygen atoms in total. The van der Waals surface area contributed by atoms with E-state index in [0.29, 0.717) is 11.7 Å². The van der Waals surface area contributed by atoms with Crippen LogP contribution in [0.4, 0.5) is 0 Å². The Morgan fingerprint density at radius 2 is 2.17 bits per heavy atom. The Morgan fingerprint density at radius 1 is 1.33 bits per heavy atom. The molecule has 0 spiro atoms. The van der Waals surface area contributed by atoms with Crippen LogP contribution in [0.25, 0.3) is 10.9 Å². The summed E-state index contributed by atoms with van der Waals surface area (Å²) in [6, 6.07) is 8.32. The van der Waals surface area contributed by atoms with Gasteiger partial charge in [-0.15, -0.1) is 6.58 Å². The maximum absolute atomic E-state index is 5.13. The molecule has 3 N–H and O–H groups in total. The largest absolute Gasteiger partial charge is 0.362 e. The SMILES string of the molecule is C=CCNC(=S)NCCc1c[nH]c2ccccc12. The van der Waals surface area contributed by atoms with Crippen LogP contribution in [0.5, 0.6) is 0 Å². The zero-order chi connectivity index (χ0) is 12.8. The van der Waals surface area contributed by atoms with Gasteiger partial charge in [-0.3, -0.25) is 0 Å². The van der Waals surface area contributed by atoms with Gasteiger partial charge in [0.05, 0.1) is 0 Å². The molecular weight excluding hydrogens is 242 g/mol. The predicted octanol–water partition coefficient (Wildman–Crippen LogP) is 2.36. The molecule has 18 heavy (non-hydrogen) atoms. The van der Waals surface area contributed by atoms with Gasteiger partial charge >= 0.3 is 0 Å². The van der Waals surface area contributed by atoms with Crippen LogP contribution in [0, 0.1) is 0 Å². The van der Waals surface area contributed by atoms with Crippen molar-refractivity contribution in [1.82, 2.24) is 15.6 Å². The standard InChI is InChI=1S/C14H17N3S/c1-2-8-15-14(18)16-9-7-11-10-17-13-6-4-3-5-12(11)13/h2-6,10,17H,1,7-9H2,(H2,15,16,18). The molecular formula is C14H17N3S. The zero-order valence-electron chi connectivity index (χ0n) is 10.2. The Bertz CT molecular complexity index is 545. The lowest BCUT2D eigenvalue weighted by molar-refractivity contribution is 0.844. The van der Waals surface area contributed by atoms with Crippen LogP contribution >= 0.6 is 12.2 Å². The van der Waals surface area contributed by atoms with Crippen molar-refractivity contribution in [3.63, 3.8) is 0 Å². The lowest BCUT2D eigenvalue weighted by Crippen LogP contribution is -2.36. The highest BCUT2D eigenvalue weighted by atomic mass is 32.1. The van der Waals surface area contributed by atoms with E-state index in [1.165, 1.54) is 16.5 Å². The first-order valence-corrected chi connectivity index (χ1v) is 6.39. The predicted molar refractivity (Wildman–Crippen MR) is 80.8 cm³/mol. The molecule has 94 valence electrons. The van der Waals surface area contributed by atoms with E-state index in [-0.39, 0.29) is 0 Å². The van der Waals surface area contributed by atoms with Crippen LogP contribution in [0.2, 0.25) is 0 Å². The van der Waals surface area contributed by atoms with Gasteiger partial charge in [-0.1, -0.05) is 24.3 Å². The number of aromatic amines is 1. The summed E-state index contributed by atoms with van der Waals surface area (Å²) in [7, 11) is 0.